The van der Waals surface area contributed by atoms with Crippen molar-refractivity contribution in [3.63, 3.8) is 0 Å². The van der Waals surface area contributed by atoms with E-state index in [0.717, 1.165) is 63.9 Å². The molecule has 0 unspecified atom stereocenters. The zero-order chi connectivity index (χ0) is 31.0. The molecule has 0 spiro atoms. The Hall–Kier alpha value is -2.62. The third kappa shape index (κ3) is 11.6. The molecule has 232 valence electrons. The summed E-state index contributed by atoms with van der Waals surface area (Å²) in [5.41, 5.74) is 1.76. The van der Waals surface area contributed by atoms with Crippen LogP contribution in [0.3, 0.4) is 0 Å². The molecule has 2 rings (SSSR count). The molecule has 1 fully saturated rings. The van der Waals surface area contributed by atoms with Crippen molar-refractivity contribution in [1.82, 2.24) is 14.5 Å². The number of likely N-dealkylation sites (N-methyl/N-ethyl adjacent to an activating group) is 1. The minimum atomic E-state index is -3.98. The molecule has 1 saturated heterocycles. The van der Waals surface area contributed by atoms with E-state index in [0.29, 0.717) is 24.3 Å². The number of hydrogen-bond acceptors (Lipinski definition) is 6. The van der Waals surface area contributed by atoms with Gasteiger partial charge in [-0.1, -0.05) is 78.7 Å². The molecule has 0 radical (unpaired) electrons. The smallest absolute Gasteiger partial charge is 0.254 e. The number of sulfonamides is 1. The number of piperazine rings is 1. The van der Waals surface area contributed by atoms with E-state index in [1.807, 2.05) is 27.8 Å². The van der Waals surface area contributed by atoms with Crippen molar-refractivity contribution in [3.05, 3.63) is 54.3 Å². The molecule has 1 aromatic carbocycles. The quantitative estimate of drug-likeness (QED) is 0.140. The molecular weight excluding hydrogens is 536 g/mol. The van der Waals surface area contributed by atoms with Gasteiger partial charge < -0.3 is 19.4 Å². The van der Waals surface area contributed by atoms with E-state index in [4.69, 9.17) is 4.74 Å². The van der Waals surface area contributed by atoms with E-state index in [1.54, 1.807) is 30.0 Å². The predicted molar refractivity (Wildman–Crippen MR) is 172 cm³/mol. The number of benzene rings is 1. The number of rotatable bonds is 16. The summed E-state index contributed by atoms with van der Waals surface area (Å²) < 4.78 is 35.9. The van der Waals surface area contributed by atoms with Gasteiger partial charge in [0.05, 0.1) is 5.69 Å². The molecule has 1 amide bonds. The van der Waals surface area contributed by atoms with Gasteiger partial charge in [-0.25, -0.2) is 13.1 Å². The number of anilines is 1. The van der Waals surface area contributed by atoms with Gasteiger partial charge in [0.2, 0.25) is 10.0 Å². The highest BCUT2D eigenvalue weighted by atomic mass is 32.2. The summed E-state index contributed by atoms with van der Waals surface area (Å²) in [7, 11) is -1.95. The second kappa shape index (κ2) is 18.7. The lowest BCUT2D eigenvalue weighted by Crippen LogP contribution is -2.47. The van der Waals surface area contributed by atoms with Gasteiger partial charge in [-0.2, -0.15) is 0 Å². The molecule has 0 atom stereocenters. The Morgan fingerprint density at radius 2 is 1.61 bits per heavy atom. The maximum Gasteiger partial charge on any atom is 0.254 e. The van der Waals surface area contributed by atoms with Gasteiger partial charge in [0, 0.05) is 51.4 Å². The standard InChI is InChI=1S/C30H48N4O4S.C2H6/c1-8-11-13-17-33(16-12-9-2)27-22-26(30(35)34-20-18-32(7)19-21-34)23-28(39(36,37)31-10-3)29(27)38-25(6)15-14-24(4)5;1-2/h14-15,22-23,31H,4,6,8-13,16-21H2,1-3,5,7H3;1-2H3/b15-14-;. The molecule has 1 aliphatic rings. The first-order chi connectivity index (χ1) is 19.5. The van der Waals surface area contributed by atoms with Crippen LogP contribution in [0, 0.1) is 0 Å². The Kier molecular flexibility index (Phi) is 16.6. The summed E-state index contributed by atoms with van der Waals surface area (Å²) in [4.78, 5) is 19.8. The van der Waals surface area contributed by atoms with Crippen molar-refractivity contribution in [1.29, 1.82) is 0 Å². The number of nitrogens with one attached hydrogen (secondary N) is 1. The van der Waals surface area contributed by atoms with Gasteiger partial charge in [0.25, 0.3) is 5.91 Å². The van der Waals surface area contributed by atoms with Crippen molar-refractivity contribution in [2.75, 3.05) is 57.8 Å². The van der Waals surface area contributed by atoms with E-state index >= 15 is 0 Å². The van der Waals surface area contributed by atoms with Crippen molar-refractivity contribution in [3.8, 4) is 5.75 Å². The molecule has 41 heavy (non-hydrogen) atoms. The van der Waals surface area contributed by atoms with E-state index in [-0.39, 0.29) is 28.9 Å². The van der Waals surface area contributed by atoms with Crippen LogP contribution in [0.25, 0.3) is 0 Å². The second-order valence-electron chi connectivity index (χ2n) is 10.2. The van der Waals surface area contributed by atoms with Crippen molar-refractivity contribution < 1.29 is 17.9 Å². The van der Waals surface area contributed by atoms with E-state index < -0.39 is 10.0 Å². The van der Waals surface area contributed by atoms with Crippen LogP contribution in [0.4, 0.5) is 5.69 Å². The third-order valence-electron chi connectivity index (χ3n) is 6.64. The predicted octanol–water partition coefficient (Wildman–Crippen LogP) is 6.22. The summed E-state index contributed by atoms with van der Waals surface area (Å²) in [5, 5.41) is 0. The maximum atomic E-state index is 13.7. The van der Waals surface area contributed by atoms with Crippen LogP contribution < -0.4 is 14.4 Å². The first kappa shape index (κ1) is 36.4. The lowest BCUT2D eigenvalue weighted by molar-refractivity contribution is 0.0664. The van der Waals surface area contributed by atoms with Gasteiger partial charge in [-0.15, -0.1) is 0 Å². The number of carbonyl (C=O) groups is 1. The minimum Gasteiger partial charge on any atom is -0.454 e. The lowest BCUT2D eigenvalue weighted by Gasteiger charge is -2.33. The van der Waals surface area contributed by atoms with Gasteiger partial charge in [-0.05, 0) is 45.0 Å². The Balaban J connectivity index is 0.00000411. The molecule has 0 aliphatic carbocycles. The highest BCUT2D eigenvalue weighted by Gasteiger charge is 2.30. The molecule has 0 saturated carbocycles. The Morgan fingerprint density at radius 1 is 1.00 bits per heavy atom. The Bertz CT molecular complexity index is 1120. The SMILES string of the molecule is C=C(C)/C=C\C(=C)Oc1c(N(CCCC)CCCCC)cc(C(=O)N2CCN(C)CC2)cc1S(=O)(=O)NCC.CC. The summed E-state index contributed by atoms with van der Waals surface area (Å²) in [6.45, 7) is 24.1. The van der Waals surface area contributed by atoms with Crippen LogP contribution >= 0.6 is 0 Å². The normalized spacial score (nSPS) is 14.0. The van der Waals surface area contributed by atoms with Gasteiger partial charge >= 0.3 is 0 Å². The number of hydrogen-bond donors (Lipinski definition) is 1. The first-order valence-corrected chi connectivity index (χ1v) is 16.6. The van der Waals surface area contributed by atoms with Crippen molar-refractivity contribution in [2.45, 2.75) is 78.5 Å². The molecule has 1 N–H and O–H groups in total. The molecule has 1 aromatic rings. The first-order valence-electron chi connectivity index (χ1n) is 15.1. The zero-order valence-electron chi connectivity index (χ0n) is 26.6. The van der Waals surface area contributed by atoms with E-state index in [2.05, 4.69) is 41.5 Å². The van der Waals surface area contributed by atoms with Crippen LogP contribution in [0.2, 0.25) is 0 Å². The van der Waals surface area contributed by atoms with E-state index in [9.17, 15) is 13.2 Å². The third-order valence-corrected chi connectivity index (χ3v) is 8.19. The number of amides is 1. The lowest BCUT2D eigenvalue weighted by atomic mass is 10.1. The molecule has 1 aliphatic heterocycles. The summed E-state index contributed by atoms with van der Waals surface area (Å²) in [5.74, 6) is 0.304. The average Bonchev–Trinajstić information content (AvgIpc) is 2.95. The van der Waals surface area contributed by atoms with Crippen LogP contribution in [-0.4, -0.2) is 77.0 Å². The number of nitrogens with zero attached hydrogens (tertiary/aromatic N) is 3. The molecule has 0 bridgehead atoms. The highest BCUT2D eigenvalue weighted by Crippen LogP contribution is 2.39. The summed E-state index contributed by atoms with van der Waals surface area (Å²) >= 11 is 0. The number of ether oxygens (including phenoxy) is 1. The Morgan fingerprint density at radius 3 is 2.17 bits per heavy atom. The molecular formula is C32H54N4O4S. The minimum absolute atomic E-state index is 0.0545. The maximum absolute atomic E-state index is 13.7. The fraction of sp³-hybridized carbons (Fsp3) is 0.594. The van der Waals surface area contributed by atoms with Gasteiger partial charge in [-0.3, -0.25) is 4.79 Å². The molecule has 8 nitrogen and oxygen atoms in total. The summed E-state index contributed by atoms with van der Waals surface area (Å²) in [6.07, 6.45) is 8.41. The Labute approximate surface area is 250 Å². The average molecular weight is 591 g/mol. The van der Waals surface area contributed by atoms with Crippen LogP contribution in [0.5, 0.6) is 5.75 Å². The topological polar surface area (TPSA) is 82.2 Å². The van der Waals surface area contributed by atoms with Crippen LogP contribution in [0.1, 0.15) is 84.0 Å². The van der Waals surface area contributed by atoms with E-state index in [1.165, 1.54) is 6.07 Å². The molecule has 1 heterocycles. The summed E-state index contributed by atoms with van der Waals surface area (Å²) in [6, 6.07) is 3.26. The zero-order valence-corrected chi connectivity index (χ0v) is 27.4. The van der Waals surface area contributed by atoms with Crippen molar-refractivity contribution >= 4 is 21.6 Å². The molecule has 9 heteroatoms. The number of unbranched alkanes of at least 4 members (excludes halogenated alkanes) is 3. The fourth-order valence-corrected chi connectivity index (χ4v) is 5.57. The monoisotopic (exact) mass is 590 g/mol. The van der Waals surface area contributed by atoms with Crippen LogP contribution in [-0.2, 0) is 10.0 Å². The van der Waals surface area contributed by atoms with Gasteiger partial charge in [0.15, 0.2) is 5.75 Å². The van der Waals surface area contributed by atoms with Gasteiger partial charge in [0.1, 0.15) is 10.7 Å². The number of allylic oxidation sites excluding steroid dienone is 3. The fourth-order valence-electron chi connectivity index (χ4n) is 4.36. The van der Waals surface area contributed by atoms with Crippen LogP contribution in [0.15, 0.2) is 53.7 Å². The number of carbonyl (C=O) groups excluding carboxylic acids is 1. The highest BCUT2D eigenvalue weighted by molar-refractivity contribution is 7.89. The second-order valence-corrected chi connectivity index (χ2v) is 12.0. The molecule has 0 aromatic heterocycles. The largest absolute Gasteiger partial charge is 0.454 e. The van der Waals surface area contributed by atoms with Crippen molar-refractivity contribution in [2.24, 2.45) is 0 Å².